The molecule has 3 saturated heterocycles. The van der Waals surface area contributed by atoms with E-state index in [1.54, 1.807) is 16.6 Å². The maximum absolute atomic E-state index is 13.1. The molecular formula is C27H39N7O4S. The van der Waals surface area contributed by atoms with Gasteiger partial charge in [-0.2, -0.15) is 8.99 Å². The molecule has 5 rings (SSSR count). The molecule has 3 aliphatic rings. The highest BCUT2D eigenvalue weighted by Crippen LogP contribution is 2.40. The van der Waals surface area contributed by atoms with Crippen LogP contribution in [0.15, 0.2) is 30.5 Å². The lowest BCUT2D eigenvalue weighted by atomic mass is 9.84. The molecule has 4 heterocycles. The van der Waals surface area contributed by atoms with E-state index in [0.29, 0.717) is 45.1 Å². The van der Waals surface area contributed by atoms with Crippen LogP contribution >= 0.6 is 0 Å². The first-order chi connectivity index (χ1) is 18.5. The third-order valence-corrected chi connectivity index (χ3v) is 9.75. The number of sulfonamides is 1. The van der Waals surface area contributed by atoms with Gasteiger partial charge in [-0.3, -0.25) is 9.69 Å². The van der Waals surface area contributed by atoms with Crippen molar-refractivity contribution >= 4 is 33.5 Å². The number of aryl methyl sites for hydroxylation is 1. The zero-order valence-corrected chi connectivity index (χ0v) is 23.9. The molecule has 1 spiro atoms. The summed E-state index contributed by atoms with van der Waals surface area (Å²) in [6.45, 7) is 9.10. The summed E-state index contributed by atoms with van der Waals surface area (Å²) in [5, 5.41) is 6.82. The van der Waals surface area contributed by atoms with Crippen LogP contribution in [0.4, 0.5) is 16.3 Å². The van der Waals surface area contributed by atoms with Crippen LogP contribution in [0.2, 0.25) is 0 Å². The molecule has 1 N–H and O–H groups in total. The van der Waals surface area contributed by atoms with E-state index in [1.807, 2.05) is 4.90 Å². The molecular weight excluding hydrogens is 518 g/mol. The molecule has 39 heavy (non-hydrogen) atoms. The van der Waals surface area contributed by atoms with Crippen LogP contribution in [0.25, 0.3) is 0 Å². The van der Waals surface area contributed by atoms with Crippen LogP contribution in [0.3, 0.4) is 0 Å². The molecule has 212 valence electrons. The zero-order chi connectivity index (χ0) is 27.8. The smallest absolute Gasteiger partial charge is 0.344 e. The van der Waals surface area contributed by atoms with Gasteiger partial charge in [-0.05, 0) is 56.3 Å². The highest BCUT2D eigenvalue weighted by molar-refractivity contribution is 7.88. The van der Waals surface area contributed by atoms with Crippen LogP contribution < -0.4 is 10.2 Å². The van der Waals surface area contributed by atoms with Gasteiger partial charge < -0.3 is 15.1 Å². The fourth-order valence-corrected chi connectivity index (χ4v) is 7.14. The average molecular weight is 558 g/mol. The average Bonchev–Trinajstić information content (AvgIpc) is 3.51. The topological polar surface area (TPSA) is 111 Å². The number of anilines is 2. The lowest BCUT2D eigenvalue weighted by molar-refractivity contribution is -0.114. The monoisotopic (exact) mass is 557 g/mol. The van der Waals surface area contributed by atoms with E-state index in [-0.39, 0.29) is 17.5 Å². The van der Waals surface area contributed by atoms with Gasteiger partial charge in [0.1, 0.15) is 0 Å². The Morgan fingerprint density at radius 2 is 1.72 bits per heavy atom. The minimum Gasteiger partial charge on any atom is -0.369 e. The molecule has 0 unspecified atom stereocenters. The summed E-state index contributed by atoms with van der Waals surface area (Å²) in [4.78, 5) is 31.1. The van der Waals surface area contributed by atoms with Crippen LogP contribution in [0, 0.1) is 6.92 Å². The second kappa shape index (κ2) is 10.9. The lowest BCUT2D eigenvalue weighted by Crippen LogP contribution is -2.53. The van der Waals surface area contributed by atoms with E-state index in [1.165, 1.54) is 34.7 Å². The molecule has 0 saturated carbocycles. The summed E-state index contributed by atoms with van der Waals surface area (Å²) < 4.78 is 26.9. The van der Waals surface area contributed by atoms with Gasteiger partial charge >= 0.3 is 6.03 Å². The van der Waals surface area contributed by atoms with E-state index in [4.69, 9.17) is 0 Å². The number of rotatable bonds is 5. The number of amides is 2. The molecule has 11 nitrogen and oxygen atoms in total. The number of nitrogens with zero attached hydrogens (tertiary/aromatic N) is 6. The van der Waals surface area contributed by atoms with Gasteiger partial charge in [-0.25, -0.2) is 13.2 Å². The summed E-state index contributed by atoms with van der Waals surface area (Å²) in [5.74, 6) is 0.153. The number of carbonyl (C=O) groups excluding carboxylic acids is 2. The Labute approximate surface area is 230 Å². The van der Waals surface area contributed by atoms with Crippen LogP contribution in [-0.2, 0) is 21.4 Å². The molecule has 0 aliphatic carbocycles. The lowest BCUT2D eigenvalue weighted by Gasteiger charge is -2.45. The fourth-order valence-electron chi connectivity index (χ4n) is 6.31. The molecule has 0 atom stereocenters. The number of nitrogens with one attached hydrogen (secondary N) is 1. The van der Waals surface area contributed by atoms with Crippen molar-refractivity contribution in [2.45, 2.75) is 51.6 Å². The fraction of sp³-hybridized carbons (Fsp3) is 0.593. The number of carbonyl (C=O) groups is 2. The van der Waals surface area contributed by atoms with Crippen molar-refractivity contribution in [3.8, 4) is 0 Å². The summed E-state index contributed by atoms with van der Waals surface area (Å²) in [6, 6.07) is 8.08. The van der Waals surface area contributed by atoms with Crippen molar-refractivity contribution in [3.63, 3.8) is 0 Å². The number of piperidine rings is 1. The van der Waals surface area contributed by atoms with Gasteiger partial charge in [-0.15, -0.1) is 5.10 Å². The minimum atomic E-state index is -3.17. The van der Waals surface area contributed by atoms with Gasteiger partial charge in [0.15, 0.2) is 5.82 Å². The quantitative estimate of drug-likeness (QED) is 0.601. The number of likely N-dealkylation sites (tertiary alicyclic amines) is 2. The number of piperazine rings is 1. The SMILES string of the molecule is CC(=O)Nc1ccn(C(=O)N2CCC3(CCCN3Cc3ccc(C)cc3N3CCN(S(C)(=O)=O)CC3)CC2)n1. The molecule has 2 aromatic rings. The second-order valence-corrected chi connectivity index (χ2v) is 13.1. The van der Waals surface area contributed by atoms with Gasteiger partial charge in [0.05, 0.1) is 6.26 Å². The molecule has 1 aromatic carbocycles. The highest BCUT2D eigenvalue weighted by atomic mass is 32.2. The molecule has 2 amide bonds. The molecule has 3 aliphatic heterocycles. The first-order valence-electron chi connectivity index (χ1n) is 13.7. The Morgan fingerprint density at radius 3 is 2.38 bits per heavy atom. The van der Waals surface area contributed by atoms with E-state index in [2.05, 4.69) is 45.3 Å². The van der Waals surface area contributed by atoms with E-state index < -0.39 is 10.0 Å². The Morgan fingerprint density at radius 1 is 1.00 bits per heavy atom. The number of aromatic nitrogens is 2. The minimum absolute atomic E-state index is 0.0688. The Bertz CT molecular complexity index is 1330. The molecule has 3 fully saturated rings. The first kappa shape index (κ1) is 27.6. The molecule has 1 aromatic heterocycles. The third kappa shape index (κ3) is 5.97. The highest BCUT2D eigenvalue weighted by Gasteiger charge is 2.44. The Kier molecular flexibility index (Phi) is 7.71. The van der Waals surface area contributed by atoms with Gasteiger partial charge in [0.25, 0.3) is 0 Å². The predicted molar refractivity (Wildman–Crippen MR) is 150 cm³/mol. The third-order valence-electron chi connectivity index (χ3n) is 8.45. The molecule has 0 radical (unpaired) electrons. The number of benzene rings is 1. The molecule has 12 heteroatoms. The van der Waals surface area contributed by atoms with E-state index in [9.17, 15) is 18.0 Å². The van der Waals surface area contributed by atoms with Gasteiger partial charge in [-0.1, -0.05) is 12.1 Å². The predicted octanol–water partition coefficient (Wildman–Crippen LogP) is 2.33. The molecule has 0 bridgehead atoms. The largest absolute Gasteiger partial charge is 0.369 e. The summed E-state index contributed by atoms with van der Waals surface area (Å²) in [5.41, 5.74) is 3.74. The number of hydrogen-bond acceptors (Lipinski definition) is 7. The van der Waals surface area contributed by atoms with Crippen LogP contribution in [-0.4, -0.2) is 102 Å². The first-order valence-corrected chi connectivity index (χ1v) is 15.6. The normalized spacial score (nSPS) is 20.5. The van der Waals surface area contributed by atoms with Gasteiger partial charge in [0.2, 0.25) is 15.9 Å². The number of hydrogen-bond donors (Lipinski definition) is 1. The standard InChI is InChI=1S/C27H39N7O4S/c1-21-5-6-23(24(19-21)30-15-17-33(18-16-30)39(3,37)38)20-32-11-4-8-27(32)9-13-31(14-10-27)26(36)34-12-7-25(29-34)28-22(2)35/h5-7,12,19H,4,8-11,13-18,20H2,1-3H3,(H,28,29,35). The maximum Gasteiger partial charge on any atom is 0.344 e. The summed E-state index contributed by atoms with van der Waals surface area (Å²) in [6.07, 6.45) is 6.96. The Balaban J connectivity index is 1.25. The second-order valence-electron chi connectivity index (χ2n) is 11.1. The summed E-state index contributed by atoms with van der Waals surface area (Å²) in [7, 11) is -3.17. The van der Waals surface area contributed by atoms with Crippen molar-refractivity contribution in [2.24, 2.45) is 0 Å². The van der Waals surface area contributed by atoms with Crippen molar-refractivity contribution in [1.82, 2.24) is 23.9 Å². The van der Waals surface area contributed by atoms with E-state index >= 15 is 0 Å². The Hall–Kier alpha value is -2.96. The van der Waals surface area contributed by atoms with E-state index in [0.717, 1.165) is 38.8 Å². The summed E-state index contributed by atoms with van der Waals surface area (Å²) >= 11 is 0. The van der Waals surface area contributed by atoms with Gasteiger partial charge in [0, 0.05) is 76.2 Å². The zero-order valence-electron chi connectivity index (χ0n) is 23.1. The van der Waals surface area contributed by atoms with Crippen LogP contribution in [0.5, 0.6) is 0 Å². The van der Waals surface area contributed by atoms with Crippen molar-refractivity contribution in [1.29, 1.82) is 0 Å². The maximum atomic E-state index is 13.1. The van der Waals surface area contributed by atoms with Crippen LogP contribution in [0.1, 0.15) is 43.7 Å². The van der Waals surface area contributed by atoms with Crippen molar-refractivity contribution < 1.29 is 18.0 Å². The van der Waals surface area contributed by atoms with Crippen molar-refractivity contribution in [3.05, 3.63) is 41.6 Å². The van der Waals surface area contributed by atoms with Crippen molar-refractivity contribution in [2.75, 3.05) is 62.3 Å².